The molecule has 0 radical (unpaired) electrons. The van der Waals surface area contributed by atoms with Gasteiger partial charge in [-0.2, -0.15) is 0 Å². The summed E-state index contributed by atoms with van der Waals surface area (Å²) in [4.78, 5) is 21.8. The van der Waals surface area contributed by atoms with Gasteiger partial charge in [0.05, 0.1) is 0 Å². The molecule has 5 nitrogen and oxygen atoms in total. The van der Waals surface area contributed by atoms with Crippen LogP contribution in [0.3, 0.4) is 0 Å². The van der Waals surface area contributed by atoms with Crippen molar-refractivity contribution >= 4 is 28.8 Å². The van der Waals surface area contributed by atoms with E-state index in [0.717, 1.165) is 56.3 Å². The van der Waals surface area contributed by atoms with Gasteiger partial charge < -0.3 is 10.2 Å². The van der Waals surface area contributed by atoms with E-state index in [1.54, 1.807) is 0 Å². The Balaban J connectivity index is 1.43. The minimum atomic E-state index is 0.0437. The van der Waals surface area contributed by atoms with Crippen molar-refractivity contribution in [3.05, 3.63) is 40.4 Å². The molecule has 1 amide bonds. The normalized spacial score (nSPS) is 21.6. The topological polar surface area (TPSA) is 48.5 Å². The molecule has 1 aromatic carbocycles. The molecule has 2 aromatic rings. The third-order valence-corrected chi connectivity index (χ3v) is 6.04. The van der Waals surface area contributed by atoms with E-state index >= 15 is 0 Å². The number of halogens is 1. The quantitative estimate of drug-likeness (QED) is 0.894. The molecule has 1 atom stereocenters. The second kappa shape index (κ2) is 7.41. The van der Waals surface area contributed by atoms with Gasteiger partial charge in [0.15, 0.2) is 0 Å². The number of nitrogens with zero attached hydrogens (tertiary/aromatic N) is 3. The van der Waals surface area contributed by atoms with Gasteiger partial charge in [-0.25, -0.2) is 4.98 Å². The van der Waals surface area contributed by atoms with Crippen molar-refractivity contribution in [2.24, 2.45) is 0 Å². The van der Waals surface area contributed by atoms with Crippen LogP contribution in [0.5, 0.6) is 0 Å². The van der Waals surface area contributed by atoms with Crippen molar-refractivity contribution in [1.82, 2.24) is 20.1 Å². The number of hydrogen-bond donors (Lipinski definition) is 1. The minimum absolute atomic E-state index is 0.0437. The number of rotatable bonds is 3. The molecule has 3 heterocycles. The number of carbonyl (C=O) groups is 1. The van der Waals surface area contributed by atoms with Crippen LogP contribution in [0, 0.1) is 0 Å². The van der Waals surface area contributed by atoms with Crippen LogP contribution in [0.4, 0.5) is 0 Å². The molecule has 2 saturated heterocycles. The van der Waals surface area contributed by atoms with Gasteiger partial charge in [-0.05, 0) is 18.6 Å². The van der Waals surface area contributed by atoms with Crippen LogP contribution < -0.4 is 5.32 Å². The standard InChI is InChI=1S/C18H21ClN4OS/c19-14-3-1-2-13(10-14)17-21-16(12-25-17)18(24)23-7-4-15(11-23)22-8-5-20-6-9-22/h1-3,10,12,15,20H,4-9,11H2. The lowest BCUT2D eigenvalue weighted by Crippen LogP contribution is -2.49. The van der Waals surface area contributed by atoms with Crippen molar-refractivity contribution in [2.45, 2.75) is 12.5 Å². The van der Waals surface area contributed by atoms with Gasteiger partial charge in [-0.3, -0.25) is 9.69 Å². The van der Waals surface area contributed by atoms with Crippen LogP contribution in [0.25, 0.3) is 10.6 Å². The van der Waals surface area contributed by atoms with E-state index in [2.05, 4.69) is 15.2 Å². The van der Waals surface area contributed by atoms with Crippen molar-refractivity contribution in [1.29, 1.82) is 0 Å². The summed E-state index contributed by atoms with van der Waals surface area (Å²) in [6.45, 7) is 5.85. The summed E-state index contributed by atoms with van der Waals surface area (Å²) in [5.74, 6) is 0.0437. The van der Waals surface area contributed by atoms with E-state index in [1.807, 2.05) is 34.5 Å². The van der Waals surface area contributed by atoms with E-state index in [-0.39, 0.29) is 5.91 Å². The highest BCUT2D eigenvalue weighted by Gasteiger charge is 2.32. The van der Waals surface area contributed by atoms with E-state index in [1.165, 1.54) is 11.3 Å². The number of thiazole rings is 1. The number of amides is 1. The van der Waals surface area contributed by atoms with Gasteiger partial charge in [0.1, 0.15) is 10.7 Å². The Morgan fingerprint density at radius 2 is 2.12 bits per heavy atom. The molecule has 0 saturated carbocycles. The second-order valence-electron chi connectivity index (χ2n) is 6.53. The van der Waals surface area contributed by atoms with Crippen LogP contribution in [-0.4, -0.2) is 66.0 Å². The average molecular weight is 377 g/mol. The highest BCUT2D eigenvalue weighted by atomic mass is 35.5. The van der Waals surface area contributed by atoms with E-state index in [9.17, 15) is 4.79 Å². The molecule has 0 bridgehead atoms. The van der Waals surface area contributed by atoms with Crippen molar-refractivity contribution in [2.75, 3.05) is 39.3 Å². The largest absolute Gasteiger partial charge is 0.336 e. The summed E-state index contributed by atoms with van der Waals surface area (Å²) in [5, 5.41) is 6.75. The summed E-state index contributed by atoms with van der Waals surface area (Å²) < 4.78 is 0. The number of benzene rings is 1. The summed E-state index contributed by atoms with van der Waals surface area (Å²) in [7, 11) is 0. The lowest BCUT2D eigenvalue weighted by atomic mass is 10.2. The van der Waals surface area contributed by atoms with Crippen LogP contribution in [0.1, 0.15) is 16.9 Å². The highest BCUT2D eigenvalue weighted by Crippen LogP contribution is 2.27. The minimum Gasteiger partial charge on any atom is -0.336 e. The van der Waals surface area contributed by atoms with Crippen LogP contribution in [0.2, 0.25) is 5.02 Å². The summed E-state index contributed by atoms with van der Waals surface area (Å²) in [6, 6.07) is 8.07. The lowest BCUT2D eigenvalue weighted by molar-refractivity contribution is 0.0768. The van der Waals surface area contributed by atoms with Gasteiger partial charge in [0.2, 0.25) is 0 Å². The Labute approximate surface area is 156 Å². The molecular formula is C18H21ClN4OS. The Hall–Kier alpha value is -1.47. The molecule has 0 aliphatic carbocycles. The summed E-state index contributed by atoms with van der Waals surface area (Å²) in [5.41, 5.74) is 1.50. The number of nitrogens with one attached hydrogen (secondary N) is 1. The zero-order valence-corrected chi connectivity index (χ0v) is 15.5. The number of likely N-dealkylation sites (tertiary alicyclic amines) is 1. The molecule has 2 aliphatic heterocycles. The number of piperazine rings is 1. The van der Waals surface area contributed by atoms with Crippen molar-refractivity contribution < 1.29 is 4.79 Å². The number of carbonyl (C=O) groups excluding carboxylic acids is 1. The zero-order chi connectivity index (χ0) is 17.2. The molecule has 132 valence electrons. The van der Waals surface area contributed by atoms with Gasteiger partial charge in [0, 0.05) is 61.3 Å². The fourth-order valence-electron chi connectivity index (χ4n) is 3.56. The van der Waals surface area contributed by atoms with Crippen LogP contribution >= 0.6 is 22.9 Å². The highest BCUT2D eigenvalue weighted by molar-refractivity contribution is 7.13. The van der Waals surface area contributed by atoms with Crippen molar-refractivity contribution in [3.8, 4) is 10.6 Å². The zero-order valence-electron chi connectivity index (χ0n) is 13.9. The molecule has 25 heavy (non-hydrogen) atoms. The maximum Gasteiger partial charge on any atom is 0.273 e. The molecule has 2 aliphatic rings. The second-order valence-corrected chi connectivity index (χ2v) is 7.82. The maximum atomic E-state index is 12.8. The molecule has 0 spiro atoms. The predicted octanol–water partition coefficient (Wildman–Crippen LogP) is 2.58. The molecule has 7 heteroatoms. The SMILES string of the molecule is O=C(c1csc(-c2cccc(Cl)c2)n1)N1CCC(N2CCNCC2)C1. The van der Waals surface area contributed by atoms with Gasteiger partial charge in [-0.1, -0.05) is 23.7 Å². The lowest BCUT2D eigenvalue weighted by Gasteiger charge is -2.32. The van der Waals surface area contributed by atoms with E-state index in [0.29, 0.717) is 16.8 Å². The first-order valence-corrected chi connectivity index (χ1v) is 9.92. The van der Waals surface area contributed by atoms with Crippen molar-refractivity contribution in [3.63, 3.8) is 0 Å². The number of hydrogen-bond acceptors (Lipinski definition) is 5. The Bertz CT molecular complexity index is 759. The van der Waals surface area contributed by atoms with E-state index < -0.39 is 0 Å². The third-order valence-electron chi connectivity index (χ3n) is 4.91. The molecule has 1 N–H and O–H groups in total. The Kier molecular flexibility index (Phi) is 5.03. The monoisotopic (exact) mass is 376 g/mol. The molecular weight excluding hydrogens is 356 g/mol. The first-order chi connectivity index (χ1) is 12.2. The summed E-state index contributed by atoms with van der Waals surface area (Å²) >= 11 is 7.54. The number of aromatic nitrogens is 1. The fraction of sp³-hybridized carbons (Fsp3) is 0.444. The van der Waals surface area contributed by atoms with Gasteiger partial charge >= 0.3 is 0 Å². The van der Waals surface area contributed by atoms with Crippen LogP contribution in [0.15, 0.2) is 29.6 Å². The van der Waals surface area contributed by atoms with Gasteiger partial charge in [0.25, 0.3) is 5.91 Å². The first-order valence-electron chi connectivity index (χ1n) is 8.66. The molecule has 1 aromatic heterocycles. The Morgan fingerprint density at radius 1 is 1.28 bits per heavy atom. The van der Waals surface area contributed by atoms with Crippen LogP contribution in [-0.2, 0) is 0 Å². The first kappa shape index (κ1) is 17.0. The fourth-order valence-corrected chi connectivity index (χ4v) is 4.54. The maximum absolute atomic E-state index is 12.8. The predicted molar refractivity (Wildman–Crippen MR) is 101 cm³/mol. The molecule has 4 rings (SSSR count). The molecule has 1 unspecified atom stereocenters. The summed E-state index contributed by atoms with van der Waals surface area (Å²) in [6.07, 6.45) is 1.05. The van der Waals surface area contributed by atoms with Gasteiger partial charge in [-0.15, -0.1) is 11.3 Å². The smallest absolute Gasteiger partial charge is 0.273 e. The Morgan fingerprint density at radius 3 is 2.92 bits per heavy atom. The third kappa shape index (κ3) is 3.72. The van der Waals surface area contributed by atoms with E-state index in [4.69, 9.17) is 11.6 Å². The molecule has 2 fully saturated rings. The average Bonchev–Trinajstić information content (AvgIpc) is 3.32.